The van der Waals surface area contributed by atoms with Crippen molar-refractivity contribution in [1.29, 1.82) is 0 Å². The summed E-state index contributed by atoms with van der Waals surface area (Å²) in [5.74, 6) is -1.54. The van der Waals surface area contributed by atoms with Gasteiger partial charge in [0.1, 0.15) is 27.9 Å². The number of sulfonamides is 1. The Hall–Kier alpha value is -3.25. The summed E-state index contributed by atoms with van der Waals surface area (Å²) in [5.41, 5.74) is -2.00. The molecule has 0 bridgehead atoms. The molecule has 1 aliphatic heterocycles. The number of carbonyl (C=O) groups excluding carboxylic acids is 2. The minimum absolute atomic E-state index is 0.00618. The summed E-state index contributed by atoms with van der Waals surface area (Å²) in [6.45, 7) is 4.97. The van der Waals surface area contributed by atoms with Gasteiger partial charge in [-0.1, -0.05) is 11.6 Å². The fourth-order valence-electron chi connectivity index (χ4n) is 3.75. The third kappa shape index (κ3) is 4.80. The number of nitrogens with one attached hydrogen (secondary N) is 2. The molecule has 2 aliphatic rings. The highest BCUT2D eigenvalue weighted by Crippen LogP contribution is 2.57. The van der Waals surface area contributed by atoms with Crippen LogP contribution in [0.4, 0.5) is 14.9 Å². The van der Waals surface area contributed by atoms with Crippen molar-refractivity contribution in [2.45, 2.75) is 43.6 Å². The first kappa shape index (κ1) is 24.9. The molecule has 4 rings (SSSR count). The van der Waals surface area contributed by atoms with Crippen LogP contribution in [0.2, 0.25) is 5.02 Å². The Morgan fingerprint density at radius 2 is 1.94 bits per heavy atom. The summed E-state index contributed by atoms with van der Waals surface area (Å²) >= 11 is 5.79. The number of rotatable bonds is 3. The molecule has 2 N–H and O–H groups in total. The van der Waals surface area contributed by atoms with E-state index >= 15 is 0 Å². The number of aliphatic imine (C=N–C) groups is 1. The average Bonchev–Trinajstić information content (AvgIpc) is 3.49. The second kappa shape index (κ2) is 8.45. The van der Waals surface area contributed by atoms with Gasteiger partial charge in [0.05, 0.1) is 5.02 Å². The number of alkyl carbamates (subject to hydrolysis) is 1. The fourth-order valence-corrected chi connectivity index (χ4v) is 5.71. The van der Waals surface area contributed by atoms with Gasteiger partial charge >= 0.3 is 6.09 Å². The Balaban J connectivity index is 1.66. The Labute approximate surface area is 206 Å². The normalized spacial score (nSPS) is 22.5. The van der Waals surface area contributed by atoms with Crippen LogP contribution in [0.1, 0.15) is 43.2 Å². The molecule has 1 aromatic carbocycles. The SMILES string of the molecule is CN1C(NC(=O)OC(C)(C)C)=NC2(c3cc(NC(=O)c4ccc(Cl)cn4)ccc3F)CC2S1(=O)=O. The molecular weight excluding hydrogens is 501 g/mol. The van der Waals surface area contributed by atoms with Crippen molar-refractivity contribution in [1.82, 2.24) is 14.6 Å². The number of guanidine groups is 1. The van der Waals surface area contributed by atoms with Gasteiger partial charge in [0, 0.05) is 24.5 Å². The smallest absolute Gasteiger partial charge is 0.414 e. The monoisotopic (exact) mass is 523 g/mol. The molecule has 2 heterocycles. The van der Waals surface area contributed by atoms with Gasteiger partial charge in [0.15, 0.2) is 0 Å². The lowest BCUT2D eigenvalue weighted by atomic mass is 10.0. The quantitative estimate of drug-likeness (QED) is 0.635. The van der Waals surface area contributed by atoms with Gasteiger partial charge in [-0.05, 0) is 57.5 Å². The Morgan fingerprint density at radius 1 is 1.23 bits per heavy atom. The summed E-state index contributed by atoms with van der Waals surface area (Å²) in [4.78, 5) is 33.2. The standard InChI is InChI=1S/C22H23ClFN5O5S/c1-21(2,3)34-20(31)27-19-28-22(10-17(22)35(32,33)29(19)4)14-9-13(6-7-15(14)24)26-18(30)16-8-5-12(23)11-25-16/h5-9,11,17H,10H2,1-4H3,(H,26,30)(H,27,28,31). The van der Waals surface area contributed by atoms with Crippen molar-refractivity contribution >= 4 is 45.3 Å². The molecule has 1 saturated carbocycles. The third-order valence-corrected chi connectivity index (χ3v) is 7.91. The molecule has 2 atom stereocenters. The summed E-state index contributed by atoms with van der Waals surface area (Å²) in [5, 5.41) is 4.30. The summed E-state index contributed by atoms with van der Waals surface area (Å²) in [6.07, 6.45) is 0.425. The van der Waals surface area contributed by atoms with Crippen molar-refractivity contribution in [3.63, 3.8) is 0 Å². The highest BCUT2D eigenvalue weighted by atomic mass is 35.5. The number of amides is 2. The van der Waals surface area contributed by atoms with Gasteiger partial charge in [-0.25, -0.2) is 31.9 Å². The summed E-state index contributed by atoms with van der Waals surface area (Å²) in [6, 6.07) is 6.73. The zero-order chi connectivity index (χ0) is 25.8. The van der Waals surface area contributed by atoms with Crippen LogP contribution in [-0.4, -0.2) is 53.6 Å². The number of anilines is 1. The first-order valence-corrected chi connectivity index (χ1v) is 12.4. The zero-order valence-corrected chi connectivity index (χ0v) is 20.9. The minimum atomic E-state index is -3.96. The van der Waals surface area contributed by atoms with Crippen LogP contribution in [0, 0.1) is 5.82 Å². The first-order chi connectivity index (χ1) is 16.2. The van der Waals surface area contributed by atoms with Crippen molar-refractivity contribution in [2.24, 2.45) is 4.99 Å². The third-order valence-electron chi connectivity index (χ3n) is 5.48. The van der Waals surface area contributed by atoms with Crippen LogP contribution >= 0.6 is 11.6 Å². The number of carbonyl (C=O) groups is 2. The molecule has 13 heteroatoms. The van der Waals surface area contributed by atoms with Gasteiger partial charge in [-0.15, -0.1) is 0 Å². The number of hydrogen-bond donors (Lipinski definition) is 2. The number of nitrogens with zero attached hydrogens (tertiary/aromatic N) is 3. The van der Waals surface area contributed by atoms with Crippen molar-refractivity contribution in [2.75, 3.05) is 12.4 Å². The molecule has 0 spiro atoms. The molecule has 0 saturated heterocycles. The van der Waals surface area contributed by atoms with E-state index in [2.05, 4.69) is 20.6 Å². The zero-order valence-electron chi connectivity index (χ0n) is 19.3. The molecule has 1 aliphatic carbocycles. The maximum absolute atomic E-state index is 15.0. The number of halogens is 2. The predicted octanol–water partition coefficient (Wildman–Crippen LogP) is 3.25. The maximum Gasteiger partial charge on any atom is 0.414 e. The van der Waals surface area contributed by atoms with E-state index in [4.69, 9.17) is 16.3 Å². The van der Waals surface area contributed by atoms with E-state index in [0.29, 0.717) is 5.02 Å². The van der Waals surface area contributed by atoms with Gasteiger partial charge in [0.2, 0.25) is 16.0 Å². The van der Waals surface area contributed by atoms with E-state index in [1.165, 1.54) is 37.5 Å². The molecule has 2 amide bonds. The first-order valence-electron chi connectivity index (χ1n) is 10.5. The second-order valence-corrected chi connectivity index (χ2v) is 11.8. The van der Waals surface area contributed by atoms with Crippen LogP contribution in [0.3, 0.4) is 0 Å². The molecule has 10 nitrogen and oxygen atoms in total. The highest BCUT2D eigenvalue weighted by Gasteiger charge is 2.68. The maximum atomic E-state index is 15.0. The largest absolute Gasteiger partial charge is 0.444 e. The molecule has 1 fully saturated rings. The summed E-state index contributed by atoms with van der Waals surface area (Å²) in [7, 11) is -2.71. The molecule has 35 heavy (non-hydrogen) atoms. The van der Waals surface area contributed by atoms with Crippen molar-refractivity contribution in [3.05, 3.63) is 58.6 Å². The van der Waals surface area contributed by atoms with Crippen LogP contribution in [0.15, 0.2) is 41.5 Å². The van der Waals surface area contributed by atoms with E-state index < -0.39 is 44.2 Å². The van der Waals surface area contributed by atoms with E-state index in [9.17, 15) is 22.4 Å². The van der Waals surface area contributed by atoms with Crippen LogP contribution in [0.5, 0.6) is 0 Å². The summed E-state index contributed by atoms with van der Waals surface area (Å²) < 4.78 is 47.1. The highest BCUT2D eigenvalue weighted by molar-refractivity contribution is 7.90. The van der Waals surface area contributed by atoms with E-state index in [-0.39, 0.29) is 29.3 Å². The lowest BCUT2D eigenvalue weighted by Crippen LogP contribution is -2.51. The Morgan fingerprint density at radius 3 is 2.57 bits per heavy atom. The van der Waals surface area contributed by atoms with Gasteiger partial charge in [-0.2, -0.15) is 0 Å². The molecule has 0 radical (unpaired) electrons. The minimum Gasteiger partial charge on any atom is -0.444 e. The number of pyridine rings is 1. The van der Waals surface area contributed by atoms with Crippen LogP contribution in [0.25, 0.3) is 0 Å². The number of aromatic nitrogens is 1. The molecule has 2 unspecified atom stereocenters. The van der Waals surface area contributed by atoms with E-state index in [1.54, 1.807) is 20.8 Å². The van der Waals surface area contributed by atoms with Crippen molar-refractivity contribution < 1.29 is 27.1 Å². The molecule has 186 valence electrons. The Bertz CT molecular complexity index is 1340. The van der Waals surface area contributed by atoms with Gasteiger partial charge in [-0.3, -0.25) is 10.1 Å². The predicted molar refractivity (Wildman–Crippen MR) is 127 cm³/mol. The van der Waals surface area contributed by atoms with Crippen LogP contribution in [-0.2, 0) is 20.3 Å². The molecular formula is C22H23ClFN5O5S. The number of ether oxygens (including phenoxy) is 1. The fraction of sp³-hybridized carbons (Fsp3) is 0.364. The topological polar surface area (TPSA) is 130 Å². The van der Waals surface area contributed by atoms with E-state index in [0.717, 1.165) is 10.4 Å². The van der Waals surface area contributed by atoms with E-state index in [1.807, 2.05) is 0 Å². The number of hydrogen-bond acceptors (Lipinski definition) is 7. The lowest BCUT2D eigenvalue weighted by Gasteiger charge is -2.30. The second-order valence-electron chi connectivity index (χ2n) is 9.20. The number of fused-ring (bicyclic) bond motifs is 1. The number of benzene rings is 1. The average molecular weight is 524 g/mol. The van der Waals surface area contributed by atoms with Crippen molar-refractivity contribution in [3.8, 4) is 0 Å². The van der Waals surface area contributed by atoms with Gasteiger partial charge in [0.25, 0.3) is 5.91 Å². The Kier molecular flexibility index (Phi) is 6.00. The lowest BCUT2D eigenvalue weighted by molar-refractivity contribution is 0.0559. The van der Waals surface area contributed by atoms with Gasteiger partial charge < -0.3 is 10.1 Å². The van der Waals surface area contributed by atoms with Crippen LogP contribution < -0.4 is 10.6 Å². The molecule has 2 aromatic rings. The molecule has 1 aromatic heterocycles.